The van der Waals surface area contributed by atoms with Crippen LogP contribution in [0.4, 0.5) is 5.69 Å². The van der Waals surface area contributed by atoms with E-state index in [1.807, 2.05) is 13.0 Å². The van der Waals surface area contributed by atoms with Crippen LogP contribution in [0.15, 0.2) is 12.3 Å². The van der Waals surface area contributed by atoms with Gasteiger partial charge in [0.2, 0.25) is 5.91 Å². The molecule has 1 aromatic heterocycles. The van der Waals surface area contributed by atoms with Gasteiger partial charge in [-0.15, -0.1) is 0 Å². The number of carbonyl (C=O) groups excluding carboxylic acids is 1. The van der Waals surface area contributed by atoms with Crippen molar-refractivity contribution in [3.8, 4) is 0 Å². The molecule has 0 aromatic carbocycles. The van der Waals surface area contributed by atoms with Crippen molar-refractivity contribution >= 4 is 23.2 Å². The van der Waals surface area contributed by atoms with Crippen molar-refractivity contribution in [3.63, 3.8) is 0 Å². The lowest BCUT2D eigenvalue weighted by Crippen LogP contribution is -2.19. The van der Waals surface area contributed by atoms with Crippen molar-refractivity contribution in [2.45, 2.75) is 26.2 Å². The summed E-state index contributed by atoms with van der Waals surface area (Å²) in [6.45, 7) is 1.95. The average Bonchev–Trinajstić information content (AvgIpc) is 2.83. The molecule has 0 radical (unpaired) electrons. The van der Waals surface area contributed by atoms with E-state index in [0.29, 0.717) is 22.7 Å². The van der Waals surface area contributed by atoms with E-state index < -0.39 is 0 Å². The fourth-order valence-corrected chi connectivity index (χ4v) is 4.81. The van der Waals surface area contributed by atoms with Gasteiger partial charge in [0, 0.05) is 12.1 Å². The van der Waals surface area contributed by atoms with Gasteiger partial charge in [-0.2, -0.15) is 0 Å². The lowest BCUT2D eigenvalue weighted by atomic mass is 10.0. The lowest BCUT2D eigenvalue weighted by Gasteiger charge is -2.12. The van der Waals surface area contributed by atoms with Crippen molar-refractivity contribution < 1.29 is 4.79 Å². The third-order valence-corrected chi connectivity index (χ3v) is 5.69. The first-order valence-corrected chi connectivity index (χ1v) is 7.46. The van der Waals surface area contributed by atoms with Crippen molar-refractivity contribution in [1.29, 1.82) is 0 Å². The first-order chi connectivity index (χ1) is 9.16. The topological polar surface area (TPSA) is 42.0 Å². The lowest BCUT2D eigenvalue weighted by molar-refractivity contribution is -0.118. The largest absolute Gasteiger partial charge is 0.323 e. The van der Waals surface area contributed by atoms with Crippen LogP contribution in [0.5, 0.6) is 0 Å². The van der Waals surface area contributed by atoms with Crippen molar-refractivity contribution in [1.82, 2.24) is 4.98 Å². The summed E-state index contributed by atoms with van der Waals surface area (Å²) in [6, 6.07) is 1.87. The standard InChI is InChI=1S/C15H17ClN2O/c1-7-4-5-17-14(16)13(7)18-15(19)12-10-8-2-3-9(6-8)11(10)12/h4-5,8-12H,2-3,6H2,1H3,(H,18,19). The molecule has 19 heavy (non-hydrogen) atoms. The average molecular weight is 277 g/mol. The molecule has 100 valence electrons. The van der Waals surface area contributed by atoms with Crippen molar-refractivity contribution in [2.75, 3.05) is 5.32 Å². The minimum absolute atomic E-state index is 0.157. The van der Waals surface area contributed by atoms with Crippen molar-refractivity contribution in [3.05, 3.63) is 23.0 Å². The smallest absolute Gasteiger partial charge is 0.228 e. The maximum absolute atomic E-state index is 12.4. The molecule has 2 bridgehead atoms. The summed E-state index contributed by atoms with van der Waals surface area (Å²) in [5.41, 5.74) is 1.66. The summed E-state index contributed by atoms with van der Waals surface area (Å²) in [5, 5.41) is 3.40. The summed E-state index contributed by atoms with van der Waals surface area (Å²) in [5.74, 6) is 3.35. The molecule has 1 aromatic rings. The Morgan fingerprint density at radius 1 is 1.37 bits per heavy atom. The maximum atomic E-state index is 12.4. The van der Waals surface area contributed by atoms with Crippen LogP contribution >= 0.6 is 11.6 Å². The van der Waals surface area contributed by atoms with E-state index in [0.717, 1.165) is 17.4 Å². The second kappa shape index (κ2) is 3.95. The molecule has 0 aliphatic heterocycles. The summed E-state index contributed by atoms with van der Waals surface area (Å²) < 4.78 is 0. The Labute approximate surface area is 117 Å². The van der Waals surface area contributed by atoms with E-state index in [2.05, 4.69) is 10.3 Å². The molecule has 4 unspecified atom stereocenters. The molecule has 4 heteroatoms. The molecule has 3 aliphatic rings. The Morgan fingerprint density at radius 2 is 2.05 bits per heavy atom. The fourth-order valence-electron chi connectivity index (χ4n) is 4.56. The minimum atomic E-state index is 0.157. The molecule has 1 amide bonds. The summed E-state index contributed by atoms with van der Waals surface area (Å²) >= 11 is 6.06. The number of anilines is 1. The van der Waals surface area contributed by atoms with Gasteiger partial charge in [-0.05, 0) is 61.5 Å². The van der Waals surface area contributed by atoms with Gasteiger partial charge in [0.15, 0.2) is 5.15 Å². The molecule has 4 rings (SSSR count). The highest BCUT2D eigenvalue weighted by Crippen LogP contribution is 2.69. The number of fused-ring (bicyclic) bond motifs is 5. The van der Waals surface area contributed by atoms with Crippen molar-refractivity contribution in [2.24, 2.45) is 29.6 Å². The normalized spacial score (nSPS) is 38.1. The molecule has 1 N–H and O–H groups in total. The number of aryl methyl sites for hydroxylation is 1. The summed E-state index contributed by atoms with van der Waals surface area (Å²) in [7, 11) is 0. The predicted molar refractivity (Wildman–Crippen MR) is 73.9 cm³/mol. The second-order valence-electron chi connectivity index (χ2n) is 6.30. The molecule has 3 saturated carbocycles. The van der Waals surface area contributed by atoms with E-state index in [9.17, 15) is 4.79 Å². The molecule has 4 atom stereocenters. The zero-order valence-corrected chi connectivity index (χ0v) is 11.7. The number of hydrogen-bond acceptors (Lipinski definition) is 2. The highest BCUT2D eigenvalue weighted by molar-refractivity contribution is 6.32. The van der Waals surface area contributed by atoms with Crippen LogP contribution in [0.2, 0.25) is 5.15 Å². The van der Waals surface area contributed by atoms with Crippen LogP contribution in [0.25, 0.3) is 0 Å². The zero-order chi connectivity index (χ0) is 13.1. The first kappa shape index (κ1) is 11.7. The molecule has 0 spiro atoms. The first-order valence-electron chi connectivity index (χ1n) is 7.09. The van der Waals surface area contributed by atoms with Crippen LogP contribution in [0, 0.1) is 36.5 Å². The highest BCUT2D eigenvalue weighted by Gasteiger charge is 2.67. The summed E-state index contributed by atoms with van der Waals surface area (Å²) in [4.78, 5) is 16.5. The number of nitrogens with one attached hydrogen (secondary N) is 1. The van der Waals surface area contributed by atoms with Gasteiger partial charge in [0.25, 0.3) is 0 Å². The van der Waals surface area contributed by atoms with Gasteiger partial charge in [0.1, 0.15) is 0 Å². The van der Waals surface area contributed by atoms with Gasteiger partial charge in [-0.1, -0.05) is 11.6 Å². The molecular weight excluding hydrogens is 260 g/mol. The number of hydrogen-bond donors (Lipinski definition) is 1. The minimum Gasteiger partial charge on any atom is -0.323 e. The number of nitrogens with zero attached hydrogens (tertiary/aromatic N) is 1. The van der Waals surface area contributed by atoms with E-state index in [1.165, 1.54) is 19.3 Å². The Hall–Kier alpha value is -1.09. The van der Waals surface area contributed by atoms with E-state index in [1.54, 1.807) is 6.20 Å². The number of pyridine rings is 1. The van der Waals surface area contributed by atoms with Gasteiger partial charge in [-0.25, -0.2) is 4.98 Å². The van der Waals surface area contributed by atoms with Gasteiger partial charge < -0.3 is 5.32 Å². The van der Waals surface area contributed by atoms with E-state index >= 15 is 0 Å². The van der Waals surface area contributed by atoms with Crippen LogP contribution in [0.3, 0.4) is 0 Å². The van der Waals surface area contributed by atoms with Gasteiger partial charge >= 0.3 is 0 Å². The molecule has 3 aliphatic carbocycles. The fraction of sp³-hybridized carbons (Fsp3) is 0.600. The van der Waals surface area contributed by atoms with Gasteiger partial charge in [-0.3, -0.25) is 4.79 Å². The molecule has 3 fully saturated rings. The number of carbonyl (C=O) groups is 1. The maximum Gasteiger partial charge on any atom is 0.228 e. The zero-order valence-electron chi connectivity index (χ0n) is 10.9. The number of halogens is 1. The Kier molecular flexibility index (Phi) is 2.44. The molecular formula is C15H17ClN2O. The molecule has 0 saturated heterocycles. The third kappa shape index (κ3) is 1.64. The second-order valence-corrected chi connectivity index (χ2v) is 6.65. The van der Waals surface area contributed by atoms with Crippen LogP contribution in [0.1, 0.15) is 24.8 Å². The highest BCUT2D eigenvalue weighted by atomic mass is 35.5. The van der Waals surface area contributed by atoms with E-state index in [4.69, 9.17) is 11.6 Å². The van der Waals surface area contributed by atoms with Crippen LogP contribution < -0.4 is 5.32 Å². The number of amides is 1. The molecule has 3 nitrogen and oxygen atoms in total. The van der Waals surface area contributed by atoms with Gasteiger partial charge in [0.05, 0.1) is 5.69 Å². The van der Waals surface area contributed by atoms with E-state index in [-0.39, 0.29) is 11.8 Å². The number of rotatable bonds is 2. The Bertz CT molecular complexity index is 523. The Balaban J connectivity index is 1.52. The Morgan fingerprint density at radius 3 is 2.68 bits per heavy atom. The predicted octanol–water partition coefficient (Wildman–Crippen LogP) is 3.27. The quantitative estimate of drug-likeness (QED) is 0.843. The van der Waals surface area contributed by atoms with Crippen LogP contribution in [-0.4, -0.2) is 10.9 Å². The monoisotopic (exact) mass is 276 g/mol. The number of aromatic nitrogens is 1. The summed E-state index contributed by atoms with van der Waals surface area (Å²) in [6.07, 6.45) is 5.70. The SMILES string of the molecule is Cc1ccnc(Cl)c1NC(=O)C1C2C3CCC(C3)C12. The molecule has 1 heterocycles. The third-order valence-electron chi connectivity index (χ3n) is 5.40. The van der Waals surface area contributed by atoms with Crippen LogP contribution in [-0.2, 0) is 4.79 Å².